The number of carboxylic acid groups (broad SMARTS) is 1. The molecule has 0 radical (unpaired) electrons. The molecule has 0 saturated carbocycles. The van der Waals surface area contributed by atoms with Crippen molar-refractivity contribution in [3.8, 4) is 5.75 Å². The second-order valence-corrected chi connectivity index (χ2v) is 5.47. The van der Waals surface area contributed by atoms with E-state index in [1.165, 1.54) is 31.4 Å². The van der Waals surface area contributed by atoms with Gasteiger partial charge in [0, 0.05) is 23.4 Å². The highest BCUT2D eigenvalue weighted by Gasteiger charge is 2.12. The molecule has 0 saturated heterocycles. The molecule has 2 rings (SSSR count). The minimum absolute atomic E-state index is 0.196. The largest absolute Gasteiger partial charge is 0.497 e. The quantitative estimate of drug-likeness (QED) is 0.408. The van der Waals surface area contributed by atoms with E-state index in [-0.39, 0.29) is 11.3 Å². The van der Waals surface area contributed by atoms with Crippen molar-refractivity contribution in [2.24, 2.45) is 0 Å². The summed E-state index contributed by atoms with van der Waals surface area (Å²) >= 11 is 0. The number of carbonyl (C=O) groups excluding carboxylic acids is 3. The first kappa shape index (κ1) is 20.4. The first-order valence-electron chi connectivity index (χ1n) is 8.05. The number of anilines is 1. The van der Waals surface area contributed by atoms with Crippen molar-refractivity contribution >= 4 is 29.3 Å². The molecule has 144 valence electrons. The van der Waals surface area contributed by atoms with Gasteiger partial charge in [0.15, 0.2) is 12.4 Å². The molecule has 0 heterocycles. The molecule has 0 aliphatic rings. The number of esters is 1. The number of nitrogens with one attached hydrogen (secondary N) is 1. The zero-order valence-corrected chi connectivity index (χ0v) is 14.9. The third kappa shape index (κ3) is 6.10. The highest BCUT2D eigenvalue weighted by molar-refractivity contribution is 6.03. The van der Waals surface area contributed by atoms with Gasteiger partial charge < -0.3 is 19.9 Å². The van der Waals surface area contributed by atoms with Gasteiger partial charge in [-0.1, -0.05) is 0 Å². The van der Waals surface area contributed by atoms with Gasteiger partial charge in [0.05, 0.1) is 12.7 Å². The lowest BCUT2D eigenvalue weighted by Gasteiger charge is -2.06. The van der Waals surface area contributed by atoms with E-state index < -0.39 is 24.5 Å². The normalized spacial score (nSPS) is 10.3. The van der Waals surface area contributed by atoms with E-state index in [0.717, 1.165) is 6.08 Å². The summed E-state index contributed by atoms with van der Waals surface area (Å²) in [4.78, 5) is 45.9. The Labute approximate surface area is 160 Å². The van der Waals surface area contributed by atoms with E-state index in [0.29, 0.717) is 23.1 Å². The number of hydrogen-bond acceptors (Lipinski definition) is 6. The zero-order valence-electron chi connectivity index (χ0n) is 14.9. The molecule has 0 spiro atoms. The summed E-state index contributed by atoms with van der Waals surface area (Å²) < 4.78 is 10.0. The fourth-order valence-corrected chi connectivity index (χ4v) is 2.10. The van der Waals surface area contributed by atoms with Crippen LogP contribution < -0.4 is 10.1 Å². The van der Waals surface area contributed by atoms with Crippen LogP contribution in [0, 0.1) is 0 Å². The fraction of sp³-hybridized carbons (Fsp3) is 0.100. The smallest absolute Gasteiger partial charge is 0.338 e. The van der Waals surface area contributed by atoms with E-state index in [1.807, 2.05) is 0 Å². The standard InChI is InChI=1S/C20H17NO7/c1-27-16-8-4-13(5-9-16)17(22)12-28-20(26)14-2-6-15(7-3-14)21-18(23)10-11-19(24)25/h2-11H,12H2,1H3,(H,21,23)(H,24,25). The Morgan fingerprint density at radius 2 is 1.54 bits per heavy atom. The van der Waals surface area contributed by atoms with Crippen molar-refractivity contribution in [3.63, 3.8) is 0 Å². The number of carbonyl (C=O) groups is 4. The molecule has 2 aromatic rings. The number of methoxy groups -OCH3 is 1. The Hall–Kier alpha value is -3.94. The van der Waals surface area contributed by atoms with Gasteiger partial charge in [-0.2, -0.15) is 0 Å². The maximum absolute atomic E-state index is 12.1. The van der Waals surface area contributed by atoms with E-state index in [4.69, 9.17) is 14.6 Å². The van der Waals surface area contributed by atoms with E-state index >= 15 is 0 Å². The first-order valence-corrected chi connectivity index (χ1v) is 8.05. The van der Waals surface area contributed by atoms with Crippen molar-refractivity contribution in [3.05, 3.63) is 71.8 Å². The molecule has 2 N–H and O–H groups in total. The van der Waals surface area contributed by atoms with Crippen molar-refractivity contribution in [1.82, 2.24) is 0 Å². The van der Waals surface area contributed by atoms with Crippen molar-refractivity contribution in [2.45, 2.75) is 0 Å². The lowest BCUT2D eigenvalue weighted by molar-refractivity contribution is -0.131. The van der Waals surface area contributed by atoms with Crippen LogP contribution >= 0.6 is 0 Å². The lowest BCUT2D eigenvalue weighted by atomic mass is 10.1. The Morgan fingerprint density at radius 1 is 0.929 bits per heavy atom. The zero-order chi connectivity index (χ0) is 20.5. The highest BCUT2D eigenvalue weighted by atomic mass is 16.5. The lowest BCUT2D eigenvalue weighted by Crippen LogP contribution is -2.14. The van der Waals surface area contributed by atoms with Crippen molar-refractivity contribution < 1.29 is 33.8 Å². The maximum Gasteiger partial charge on any atom is 0.338 e. The topological polar surface area (TPSA) is 119 Å². The Bertz CT molecular complexity index is 899. The molecule has 8 heteroatoms. The third-order valence-corrected chi connectivity index (χ3v) is 3.51. The predicted molar refractivity (Wildman–Crippen MR) is 99.5 cm³/mol. The number of amides is 1. The van der Waals surface area contributed by atoms with E-state index in [2.05, 4.69) is 5.32 Å². The summed E-state index contributed by atoms with van der Waals surface area (Å²) in [5, 5.41) is 10.9. The van der Waals surface area contributed by atoms with Gasteiger partial charge in [-0.15, -0.1) is 0 Å². The minimum Gasteiger partial charge on any atom is -0.497 e. The molecule has 0 aliphatic carbocycles. The average Bonchev–Trinajstić information content (AvgIpc) is 2.70. The van der Waals surface area contributed by atoms with Crippen LogP contribution in [0.1, 0.15) is 20.7 Å². The van der Waals surface area contributed by atoms with E-state index in [1.54, 1.807) is 24.3 Å². The van der Waals surface area contributed by atoms with Gasteiger partial charge in [0.2, 0.25) is 5.91 Å². The monoisotopic (exact) mass is 383 g/mol. The predicted octanol–water partition coefficient (Wildman–Crippen LogP) is 2.31. The number of ether oxygens (including phenoxy) is 2. The number of ketones is 1. The highest BCUT2D eigenvalue weighted by Crippen LogP contribution is 2.13. The Morgan fingerprint density at radius 3 is 2.11 bits per heavy atom. The number of carboxylic acids is 1. The van der Waals surface area contributed by atoms with Crippen molar-refractivity contribution in [2.75, 3.05) is 19.0 Å². The van der Waals surface area contributed by atoms with Crippen LogP contribution in [0.2, 0.25) is 0 Å². The number of benzene rings is 2. The van der Waals surface area contributed by atoms with Gasteiger partial charge in [0.1, 0.15) is 5.75 Å². The van der Waals surface area contributed by atoms with Gasteiger partial charge in [0.25, 0.3) is 0 Å². The number of Topliss-reactive ketones (excluding diaryl/α,β-unsaturated/α-hetero) is 1. The maximum atomic E-state index is 12.1. The second-order valence-electron chi connectivity index (χ2n) is 5.47. The van der Waals surface area contributed by atoms with Gasteiger partial charge in [-0.25, -0.2) is 9.59 Å². The summed E-state index contributed by atoms with van der Waals surface area (Å²) in [5.74, 6) is -2.30. The molecule has 0 atom stereocenters. The summed E-state index contributed by atoms with van der Waals surface area (Å²) in [7, 11) is 1.52. The van der Waals surface area contributed by atoms with Gasteiger partial charge >= 0.3 is 11.9 Å². The second kappa shape index (κ2) is 9.67. The summed E-state index contributed by atoms with van der Waals surface area (Å²) in [6.07, 6.45) is 1.58. The molecule has 0 fully saturated rings. The summed E-state index contributed by atoms with van der Waals surface area (Å²) in [5.41, 5.74) is 0.952. The third-order valence-electron chi connectivity index (χ3n) is 3.51. The summed E-state index contributed by atoms with van der Waals surface area (Å²) in [6, 6.07) is 12.1. The molecule has 0 aromatic heterocycles. The fourth-order valence-electron chi connectivity index (χ4n) is 2.10. The number of aliphatic carboxylic acids is 1. The van der Waals surface area contributed by atoms with Crippen LogP contribution in [-0.2, 0) is 14.3 Å². The van der Waals surface area contributed by atoms with Crippen LogP contribution in [0.15, 0.2) is 60.7 Å². The van der Waals surface area contributed by atoms with Crippen LogP contribution in [0.3, 0.4) is 0 Å². The SMILES string of the molecule is COc1ccc(C(=O)COC(=O)c2ccc(NC(=O)C=CC(=O)O)cc2)cc1. The number of rotatable bonds is 8. The van der Waals surface area contributed by atoms with Crippen LogP contribution in [0.5, 0.6) is 5.75 Å². The summed E-state index contributed by atoms with van der Waals surface area (Å²) in [6.45, 7) is -0.413. The van der Waals surface area contributed by atoms with E-state index in [9.17, 15) is 19.2 Å². The molecule has 1 amide bonds. The molecule has 0 bridgehead atoms. The molecule has 0 unspecified atom stereocenters. The minimum atomic E-state index is -1.24. The molecule has 8 nitrogen and oxygen atoms in total. The van der Waals surface area contributed by atoms with Gasteiger partial charge in [-0.3, -0.25) is 9.59 Å². The average molecular weight is 383 g/mol. The van der Waals surface area contributed by atoms with Crippen LogP contribution in [-0.4, -0.2) is 42.5 Å². The Kier molecular flexibility index (Phi) is 7.04. The molecule has 2 aromatic carbocycles. The van der Waals surface area contributed by atoms with Crippen LogP contribution in [0.4, 0.5) is 5.69 Å². The molecule has 28 heavy (non-hydrogen) atoms. The molecule has 0 aliphatic heterocycles. The Balaban J connectivity index is 1.89. The van der Waals surface area contributed by atoms with Gasteiger partial charge in [-0.05, 0) is 48.5 Å². The van der Waals surface area contributed by atoms with Crippen LogP contribution in [0.25, 0.3) is 0 Å². The number of hydrogen-bond donors (Lipinski definition) is 2. The van der Waals surface area contributed by atoms with Crippen molar-refractivity contribution in [1.29, 1.82) is 0 Å². The molecular formula is C20H17NO7. The molecular weight excluding hydrogens is 366 g/mol. The first-order chi connectivity index (χ1) is 13.4.